The van der Waals surface area contributed by atoms with Crippen LogP contribution in [0.3, 0.4) is 0 Å². The highest BCUT2D eigenvalue weighted by Gasteiger charge is 2.78. The Morgan fingerprint density at radius 2 is 1.43 bits per heavy atom. The van der Waals surface area contributed by atoms with Gasteiger partial charge in [-0.05, 0) is 20.8 Å². The molecule has 21 heavy (non-hydrogen) atoms. The summed E-state index contributed by atoms with van der Waals surface area (Å²) in [7, 11) is -5.10. The van der Waals surface area contributed by atoms with Crippen LogP contribution in [0.25, 0.3) is 0 Å². The van der Waals surface area contributed by atoms with Crippen LogP contribution < -0.4 is 0 Å². The standard InChI is InChI=1S/C9H12F7O4P/c1-5(2)6(3,20-21(17,18)19-5)9(15,16)7(10,11)4-8(12,13)14/h4H2,1-3H3,(H,17,18). The summed E-state index contributed by atoms with van der Waals surface area (Å²) in [6, 6.07) is 0. The Hall–Kier alpha value is -0.380. The van der Waals surface area contributed by atoms with Gasteiger partial charge in [-0.2, -0.15) is 30.7 Å². The molecule has 1 rings (SSSR count). The van der Waals surface area contributed by atoms with Crippen LogP contribution in [0.5, 0.6) is 0 Å². The van der Waals surface area contributed by atoms with E-state index in [9.17, 15) is 35.3 Å². The lowest BCUT2D eigenvalue weighted by Crippen LogP contribution is -2.65. The van der Waals surface area contributed by atoms with Crippen molar-refractivity contribution in [2.45, 2.75) is 56.4 Å². The predicted molar refractivity (Wildman–Crippen MR) is 55.0 cm³/mol. The highest BCUT2D eigenvalue weighted by atomic mass is 31.2. The fraction of sp³-hybridized carbons (Fsp3) is 1.00. The Kier molecular flexibility index (Phi) is 4.05. The van der Waals surface area contributed by atoms with Crippen LogP contribution in [-0.2, 0) is 13.6 Å². The topological polar surface area (TPSA) is 55.8 Å². The van der Waals surface area contributed by atoms with Crippen molar-refractivity contribution >= 4 is 7.82 Å². The second kappa shape index (κ2) is 4.56. The van der Waals surface area contributed by atoms with Gasteiger partial charge in [0.1, 0.15) is 12.0 Å². The highest BCUT2D eigenvalue weighted by molar-refractivity contribution is 7.47. The molecule has 1 aliphatic heterocycles. The van der Waals surface area contributed by atoms with Gasteiger partial charge in [-0.15, -0.1) is 0 Å². The molecule has 0 radical (unpaired) electrons. The third kappa shape index (κ3) is 3.06. The molecule has 1 N–H and O–H groups in total. The minimum Gasteiger partial charge on any atom is -0.302 e. The van der Waals surface area contributed by atoms with Gasteiger partial charge in [-0.3, -0.25) is 9.05 Å². The van der Waals surface area contributed by atoms with Gasteiger partial charge in [0.05, 0.1) is 0 Å². The van der Waals surface area contributed by atoms with E-state index in [1.54, 1.807) is 0 Å². The molecule has 1 heterocycles. The van der Waals surface area contributed by atoms with Crippen LogP contribution in [0.15, 0.2) is 0 Å². The van der Waals surface area contributed by atoms with Crippen molar-refractivity contribution in [1.29, 1.82) is 0 Å². The smallest absolute Gasteiger partial charge is 0.302 e. The molecule has 0 aromatic carbocycles. The maximum atomic E-state index is 14.0. The van der Waals surface area contributed by atoms with E-state index in [2.05, 4.69) is 9.05 Å². The number of phosphoric ester groups is 1. The molecule has 1 aliphatic rings. The largest absolute Gasteiger partial charge is 0.473 e. The molecule has 1 saturated heterocycles. The summed E-state index contributed by atoms with van der Waals surface area (Å²) in [4.78, 5) is 9.04. The van der Waals surface area contributed by atoms with E-state index < -0.39 is 43.5 Å². The van der Waals surface area contributed by atoms with E-state index >= 15 is 0 Å². The SMILES string of the molecule is CC1(C)OP(=O)(O)OC1(C)C(F)(F)C(F)(F)CC(F)(F)F. The van der Waals surface area contributed by atoms with Crippen molar-refractivity contribution < 1.29 is 49.2 Å². The molecule has 4 nitrogen and oxygen atoms in total. The van der Waals surface area contributed by atoms with Crippen LogP contribution in [-0.4, -0.2) is 34.1 Å². The van der Waals surface area contributed by atoms with Gasteiger partial charge in [0.25, 0.3) is 0 Å². The van der Waals surface area contributed by atoms with E-state index in [4.69, 9.17) is 4.89 Å². The van der Waals surface area contributed by atoms with Gasteiger partial charge >= 0.3 is 25.8 Å². The molecule has 0 spiro atoms. The third-order valence-corrected chi connectivity index (χ3v) is 4.55. The summed E-state index contributed by atoms with van der Waals surface area (Å²) in [5.74, 6) is -11.0. The maximum Gasteiger partial charge on any atom is 0.473 e. The number of phosphoric acid groups is 1. The quantitative estimate of drug-likeness (QED) is 0.621. The molecule has 126 valence electrons. The van der Waals surface area contributed by atoms with Crippen molar-refractivity contribution in [3.63, 3.8) is 0 Å². The highest BCUT2D eigenvalue weighted by Crippen LogP contribution is 2.67. The fourth-order valence-electron chi connectivity index (χ4n) is 1.88. The van der Waals surface area contributed by atoms with Gasteiger partial charge in [0.15, 0.2) is 5.60 Å². The molecule has 0 aromatic rings. The van der Waals surface area contributed by atoms with Crippen molar-refractivity contribution in [3.05, 3.63) is 0 Å². The van der Waals surface area contributed by atoms with Crippen LogP contribution in [0, 0.1) is 0 Å². The van der Waals surface area contributed by atoms with Gasteiger partial charge in [0.2, 0.25) is 0 Å². The van der Waals surface area contributed by atoms with E-state index in [0.717, 1.165) is 13.8 Å². The van der Waals surface area contributed by atoms with Gasteiger partial charge in [-0.25, -0.2) is 4.57 Å². The monoisotopic (exact) mass is 348 g/mol. The zero-order chi connectivity index (χ0) is 17.1. The number of alkyl halides is 7. The molecule has 0 saturated carbocycles. The lowest BCUT2D eigenvalue weighted by Gasteiger charge is -2.42. The number of halogens is 7. The van der Waals surface area contributed by atoms with Crippen molar-refractivity contribution in [2.75, 3.05) is 0 Å². The van der Waals surface area contributed by atoms with Crippen LogP contribution in [0.4, 0.5) is 30.7 Å². The first kappa shape index (κ1) is 18.7. The molecule has 0 aromatic heterocycles. The molecule has 2 unspecified atom stereocenters. The minimum atomic E-state index is -5.57. The lowest BCUT2D eigenvalue weighted by atomic mass is 9.78. The maximum absolute atomic E-state index is 14.0. The number of hydrogen-bond acceptors (Lipinski definition) is 3. The van der Waals surface area contributed by atoms with E-state index in [1.807, 2.05) is 0 Å². The Morgan fingerprint density at radius 3 is 1.71 bits per heavy atom. The van der Waals surface area contributed by atoms with Gasteiger partial charge in [-0.1, -0.05) is 0 Å². The third-order valence-electron chi connectivity index (χ3n) is 3.27. The second-order valence-electron chi connectivity index (χ2n) is 5.27. The molecule has 0 aliphatic carbocycles. The Morgan fingerprint density at radius 1 is 1.00 bits per heavy atom. The molecule has 0 amide bonds. The van der Waals surface area contributed by atoms with Crippen molar-refractivity contribution in [2.24, 2.45) is 0 Å². The van der Waals surface area contributed by atoms with E-state index in [1.165, 1.54) is 0 Å². The average Bonchev–Trinajstić information content (AvgIpc) is 2.26. The van der Waals surface area contributed by atoms with Crippen LogP contribution >= 0.6 is 7.82 Å². The van der Waals surface area contributed by atoms with Gasteiger partial charge < -0.3 is 4.89 Å². The summed E-state index contributed by atoms with van der Waals surface area (Å²) in [5.41, 5.74) is -5.88. The fourth-order valence-corrected chi connectivity index (χ4v) is 3.47. The van der Waals surface area contributed by atoms with Crippen LogP contribution in [0.1, 0.15) is 27.2 Å². The molecule has 12 heteroatoms. The number of rotatable bonds is 3. The second-order valence-corrected chi connectivity index (χ2v) is 6.57. The zero-order valence-corrected chi connectivity index (χ0v) is 11.9. The Bertz CT molecular complexity index is 475. The first-order chi connectivity index (χ1) is 8.87. The summed E-state index contributed by atoms with van der Waals surface area (Å²) >= 11 is 0. The summed E-state index contributed by atoms with van der Waals surface area (Å²) in [6.45, 7) is 1.77. The molecule has 0 bridgehead atoms. The van der Waals surface area contributed by atoms with Gasteiger partial charge in [0, 0.05) is 0 Å². The average molecular weight is 348 g/mol. The minimum absolute atomic E-state index is 0.299. The molecule has 1 fully saturated rings. The normalized spacial score (nSPS) is 34.2. The Labute approximate surface area is 114 Å². The summed E-state index contributed by atoms with van der Waals surface area (Å²) in [6.07, 6.45) is -8.69. The molecule has 2 atom stereocenters. The van der Waals surface area contributed by atoms with Crippen molar-refractivity contribution in [3.8, 4) is 0 Å². The lowest BCUT2D eigenvalue weighted by molar-refractivity contribution is -0.320. The first-order valence-electron chi connectivity index (χ1n) is 5.44. The number of hydrogen-bond donors (Lipinski definition) is 1. The molecular weight excluding hydrogens is 336 g/mol. The summed E-state index contributed by atoms with van der Waals surface area (Å²) in [5, 5.41) is 0. The van der Waals surface area contributed by atoms with Crippen LogP contribution in [0.2, 0.25) is 0 Å². The van der Waals surface area contributed by atoms with Crippen molar-refractivity contribution in [1.82, 2.24) is 0 Å². The van der Waals surface area contributed by atoms with E-state index in [0.29, 0.717) is 6.92 Å². The zero-order valence-electron chi connectivity index (χ0n) is 11.0. The van der Waals surface area contributed by atoms with E-state index in [-0.39, 0.29) is 0 Å². The molecular formula is C9H12F7O4P. The first-order valence-corrected chi connectivity index (χ1v) is 6.93. The summed E-state index contributed by atoms with van der Waals surface area (Å²) < 4.78 is 110. The Balaban J connectivity index is 3.32. The predicted octanol–water partition coefficient (Wildman–Crippen LogP) is 3.89.